The maximum Gasteiger partial charge on any atom is 0.270 e. The van der Waals surface area contributed by atoms with E-state index in [4.69, 9.17) is 11.0 Å². The fourth-order valence-electron chi connectivity index (χ4n) is 1.53. The van der Waals surface area contributed by atoms with E-state index in [1.165, 1.54) is 12.1 Å². The highest BCUT2D eigenvalue weighted by Gasteiger charge is 2.16. The van der Waals surface area contributed by atoms with Gasteiger partial charge in [0.1, 0.15) is 0 Å². The number of hydrogen-bond donors (Lipinski definition) is 4. The zero-order valence-corrected chi connectivity index (χ0v) is 11.7. The number of primary sulfonamides is 1. The smallest absolute Gasteiger partial charge is 0.270 e. The number of carbonyl (C=O) groups is 1. The van der Waals surface area contributed by atoms with Crippen molar-refractivity contribution in [1.29, 1.82) is 0 Å². The van der Waals surface area contributed by atoms with Crippen molar-refractivity contribution in [3.8, 4) is 0 Å². The number of nitrogens with one attached hydrogen (secondary N) is 2. The normalized spacial score (nSPS) is 11.0. The second-order valence-electron chi connectivity index (χ2n) is 4.11. The van der Waals surface area contributed by atoms with Crippen molar-refractivity contribution in [1.82, 2.24) is 5.32 Å². The fourth-order valence-corrected chi connectivity index (χ4v) is 2.08. The molecule has 0 fully saturated rings. The second kappa shape index (κ2) is 6.97. The SMILES string of the molecule is NNc1ccc([N+](=O)[O-])cc1C(=O)NCCCS(N)(=O)=O. The van der Waals surface area contributed by atoms with E-state index < -0.39 is 20.9 Å². The molecule has 1 aromatic rings. The topological polar surface area (TPSA) is 170 Å². The number of amides is 1. The molecule has 0 saturated heterocycles. The van der Waals surface area contributed by atoms with E-state index in [2.05, 4.69) is 10.7 Å². The standard InChI is InChI=1S/C10H15N5O5S/c11-14-9-3-2-7(15(17)18)6-8(9)10(16)13-4-1-5-21(12,19)20/h2-3,6,14H,1,4-5,11H2,(H,13,16)(H2,12,19,20). The van der Waals surface area contributed by atoms with E-state index in [1.54, 1.807) is 0 Å². The molecule has 0 aliphatic carbocycles. The van der Waals surface area contributed by atoms with Crippen LogP contribution in [0.3, 0.4) is 0 Å². The number of hydrogen-bond acceptors (Lipinski definition) is 7. The minimum atomic E-state index is -3.59. The van der Waals surface area contributed by atoms with E-state index in [0.29, 0.717) is 0 Å². The first-order valence-corrected chi connectivity index (χ1v) is 7.50. The summed E-state index contributed by atoms with van der Waals surface area (Å²) in [6.45, 7) is 0.0575. The first kappa shape index (κ1) is 16.8. The number of nitro groups is 1. The number of nitro benzene ring substituents is 1. The number of carbonyl (C=O) groups excluding carboxylic acids is 1. The Balaban J connectivity index is 2.76. The maximum atomic E-state index is 11.9. The molecule has 0 radical (unpaired) electrons. The van der Waals surface area contributed by atoms with Gasteiger partial charge < -0.3 is 10.7 Å². The largest absolute Gasteiger partial charge is 0.352 e. The molecule has 21 heavy (non-hydrogen) atoms. The van der Waals surface area contributed by atoms with E-state index in [-0.39, 0.29) is 35.7 Å². The van der Waals surface area contributed by atoms with Crippen LogP contribution in [0.1, 0.15) is 16.8 Å². The summed E-state index contributed by atoms with van der Waals surface area (Å²) in [5, 5.41) is 17.9. The monoisotopic (exact) mass is 317 g/mol. The van der Waals surface area contributed by atoms with Gasteiger partial charge in [-0.05, 0) is 12.5 Å². The third-order valence-corrected chi connectivity index (χ3v) is 3.36. The molecule has 11 heteroatoms. The summed E-state index contributed by atoms with van der Waals surface area (Å²) < 4.78 is 21.5. The molecule has 6 N–H and O–H groups in total. The van der Waals surface area contributed by atoms with Gasteiger partial charge in [0.2, 0.25) is 10.0 Å². The van der Waals surface area contributed by atoms with E-state index in [1.807, 2.05) is 0 Å². The van der Waals surface area contributed by atoms with Gasteiger partial charge in [0.05, 0.1) is 21.9 Å². The Morgan fingerprint density at radius 1 is 1.38 bits per heavy atom. The van der Waals surface area contributed by atoms with Crippen LogP contribution in [0.25, 0.3) is 0 Å². The van der Waals surface area contributed by atoms with Crippen LogP contribution < -0.4 is 21.7 Å². The van der Waals surface area contributed by atoms with Crippen LogP contribution in [0.15, 0.2) is 18.2 Å². The third-order valence-electron chi connectivity index (χ3n) is 2.51. The van der Waals surface area contributed by atoms with Gasteiger partial charge in [0.25, 0.3) is 11.6 Å². The zero-order chi connectivity index (χ0) is 16.0. The van der Waals surface area contributed by atoms with E-state index in [9.17, 15) is 23.3 Å². The van der Waals surface area contributed by atoms with Crippen LogP contribution in [0, 0.1) is 10.1 Å². The lowest BCUT2D eigenvalue weighted by molar-refractivity contribution is -0.384. The highest BCUT2D eigenvalue weighted by molar-refractivity contribution is 7.89. The van der Waals surface area contributed by atoms with Gasteiger partial charge in [0.15, 0.2) is 0 Å². The molecule has 0 unspecified atom stereocenters. The van der Waals surface area contributed by atoms with Gasteiger partial charge in [-0.1, -0.05) is 0 Å². The van der Waals surface area contributed by atoms with Crippen LogP contribution in [0.4, 0.5) is 11.4 Å². The number of non-ortho nitro benzene ring substituents is 1. The van der Waals surface area contributed by atoms with Crippen molar-refractivity contribution in [2.45, 2.75) is 6.42 Å². The van der Waals surface area contributed by atoms with Crippen LogP contribution in [0.2, 0.25) is 0 Å². The molecule has 0 heterocycles. The number of nitrogens with two attached hydrogens (primary N) is 2. The molecule has 0 aromatic heterocycles. The predicted octanol–water partition coefficient (Wildman–Crippen LogP) is -0.711. The van der Waals surface area contributed by atoms with Crippen molar-refractivity contribution < 1.29 is 18.1 Å². The summed E-state index contributed by atoms with van der Waals surface area (Å²) in [7, 11) is -3.59. The first-order chi connectivity index (χ1) is 9.74. The quantitative estimate of drug-likeness (QED) is 0.222. The molecule has 0 aliphatic heterocycles. The molecular weight excluding hydrogens is 302 g/mol. The lowest BCUT2D eigenvalue weighted by Gasteiger charge is -2.09. The number of sulfonamides is 1. The zero-order valence-electron chi connectivity index (χ0n) is 10.9. The van der Waals surface area contributed by atoms with Crippen LogP contribution in [-0.2, 0) is 10.0 Å². The Morgan fingerprint density at radius 2 is 2.05 bits per heavy atom. The molecule has 0 aliphatic rings. The number of hydrazine groups is 1. The lowest BCUT2D eigenvalue weighted by Crippen LogP contribution is -2.28. The molecular formula is C10H15N5O5S. The van der Waals surface area contributed by atoms with Crippen molar-refractivity contribution >= 4 is 27.3 Å². The average Bonchev–Trinajstić information content (AvgIpc) is 2.41. The summed E-state index contributed by atoms with van der Waals surface area (Å²) in [6.07, 6.45) is 0.130. The van der Waals surface area contributed by atoms with Gasteiger partial charge in [-0.3, -0.25) is 20.8 Å². The lowest BCUT2D eigenvalue weighted by atomic mass is 10.1. The highest BCUT2D eigenvalue weighted by atomic mass is 32.2. The van der Waals surface area contributed by atoms with E-state index in [0.717, 1.165) is 6.07 Å². The van der Waals surface area contributed by atoms with Gasteiger partial charge in [-0.25, -0.2) is 13.6 Å². The molecule has 10 nitrogen and oxygen atoms in total. The highest BCUT2D eigenvalue weighted by Crippen LogP contribution is 2.21. The summed E-state index contributed by atoms with van der Waals surface area (Å²) in [5.41, 5.74) is 2.20. The Labute approximate surface area is 120 Å². The Hall–Kier alpha value is -2.24. The third kappa shape index (κ3) is 5.33. The number of nitrogens with zero attached hydrogens (tertiary/aromatic N) is 1. The number of rotatable bonds is 7. The minimum absolute atomic E-state index is 0.0118. The molecule has 0 saturated carbocycles. The second-order valence-corrected chi connectivity index (χ2v) is 5.84. The summed E-state index contributed by atoms with van der Waals surface area (Å²) in [4.78, 5) is 22.0. The molecule has 0 atom stereocenters. The summed E-state index contributed by atoms with van der Waals surface area (Å²) in [6, 6.07) is 3.58. The van der Waals surface area contributed by atoms with Gasteiger partial charge in [-0.15, -0.1) is 0 Å². The Morgan fingerprint density at radius 3 is 2.57 bits per heavy atom. The van der Waals surface area contributed by atoms with Crippen LogP contribution in [0.5, 0.6) is 0 Å². The molecule has 0 bridgehead atoms. The van der Waals surface area contributed by atoms with Crippen molar-refractivity contribution in [2.75, 3.05) is 17.7 Å². The van der Waals surface area contributed by atoms with Crippen LogP contribution in [-0.4, -0.2) is 31.5 Å². The van der Waals surface area contributed by atoms with Crippen molar-refractivity contribution in [2.24, 2.45) is 11.0 Å². The number of benzene rings is 1. The molecule has 1 rings (SSSR count). The van der Waals surface area contributed by atoms with Crippen molar-refractivity contribution in [3.05, 3.63) is 33.9 Å². The predicted molar refractivity (Wildman–Crippen MR) is 75.8 cm³/mol. The Bertz CT molecular complexity index is 645. The van der Waals surface area contributed by atoms with Gasteiger partial charge >= 0.3 is 0 Å². The fraction of sp³-hybridized carbons (Fsp3) is 0.300. The van der Waals surface area contributed by atoms with Crippen LogP contribution >= 0.6 is 0 Å². The van der Waals surface area contributed by atoms with E-state index >= 15 is 0 Å². The number of anilines is 1. The summed E-state index contributed by atoms with van der Waals surface area (Å²) >= 11 is 0. The first-order valence-electron chi connectivity index (χ1n) is 5.78. The minimum Gasteiger partial charge on any atom is -0.352 e. The van der Waals surface area contributed by atoms with Gasteiger partial charge in [0, 0.05) is 18.7 Å². The average molecular weight is 317 g/mol. The summed E-state index contributed by atoms with van der Waals surface area (Å²) in [5.74, 6) is 4.35. The molecule has 1 amide bonds. The molecule has 0 spiro atoms. The maximum absolute atomic E-state index is 11.9. The molecule has 116 valence electrons. The Kier molecular flexibility index (Phi) is 5.58. The van der Waals surface area contributed by atoms with Crippen molar-refractivity contribution in [3.63, 3.8) is 0 Å². The molecule has 1 aromatic carbocycles. The number of nitrogen functional groups attached to an aromatic ring is 1. The van der Waals surface area contributed by atoms with Gasteiger partial charge in [-0.2, -0.15) is 0 Å².